The number of morpholine rings is 1. The first-order chi connectivity index (χ1) is 10.3. The molecule has 3 rings (SSSR count). The van der Waals surface area contributed by atoms with Crippen molar-refractivity contribution in [3.63, 3.8) is 0 Å². The number of aromatic nitrogens is 2. The zero-order valence-corrected chi connectivity index (χ0v) is 12.1. The highest BCUT2D eigenvalue weighted by molar-refractivity contribution is 7.14. The number of rotatable bonds is 3. The molecule has 8 heteroatoms. The van der Waals surface area contributed by atoms with Crippen LogP contribution in [0.25, 0.3) is 0 Å². The van der Waals surface area contributed by atoms with Crippen LogP contribution in [0.4, 0.5) is 21.4 Å². The lowest BCUT2D eigenvalue weighted by Crippen LogP contribution is -2.37. The smallest absolute Gasteiger partial charge is 0.324 e. The monoisotopic (exact) mass is 305 g/mol. The Morgan fingerprint density at radius 1 is 1.24 bits per heavy atom. The molecule has 0 unspecified atom stereocenters. The number of amides is 2. The standard InChI is InChI=1S/C13H15N5O2S/c19-13(17-11-2-1-7-21-11)16-10-8-14-12(15-9-10)18-3-5-20-6-4-18/h1-2,7-9H,3-6H2,(H2,16,17,19). The molecule has 7 nitrogen and oxygen atoms in total. The topological polar surface area (TPSA) is 79.4 Å². The molecule has 0 aromatic carbocycles. The number of nitrogens with one attached hydrogen (secondary N) is 2. The zero-order chi connectivity index (χ0) is 14.5. The lowest BCUT2D eigenvalue weighted by atomic mass is 10.4. The molecule has 2 amide bonds. The first-order valence-electron chi connectivity index (χ1n) is 6.57. The van der Waals surface area contributed by atoms with E-state index in [9.17, 15) is 4.79 Å². The fourth-order valence-corrected chi connectivity index (χ4v) is 2.55. The number of carbonyl (C=O) groups excluding carboxylic acids is 1. The fraction of sp³-hybridized carbons (Fsp3) is 0.308. The van der Waals surface area contributed by atoms with Crippen molar-refractivity contribution in [3.8, 4) is 0 Å². The van der Waals surface area contributed by atoms with Gasteiger partial charge in [0.15, 0.2) is 0 Å². The van der Waals surface area contributed by atoms with Crippen LogP contribution in [0, 0.1) is 0 Å². The lowest BCUT2D eigenvalue weighted by molar-refractivity contribution is 0.122. The molecule has 2 N–H and O–H groups in total. The molecule has 2 aromatic heterocycles. The summed E-state index contributed by atoms with van der Waals surface area (Å²) in [5, 5.41) is 8.12. The van der Waals surface area contributed by atoms with Crippen molar-refractivity contribution in [1.82, 2.24) is 9.97 Å². The largest absolute Gasteiger partial charge is 0.378 e. The molecule has 1 aliphatic heterocycles. The minimum absolute atomic E-state index is 0.305. The third-order valence-corrected chi connectivity index (χ3v) is 3.73. The van der Waals surface area contributed by atoms with E-state index in [1.165, 1.54) is 11.3 Å². The van der Waals surface area contributed by atoms with Crippen LogP contribution in [0.15, 0.2) is 29.9 Å². The molecule has 0 atom stereocenters. The van der Waals surface area contributed by atoms with Gasteiger partial charge in [-0.25, -0.2) is 14.8 Å². The number of hydrogen-bond donors (Lipinski definition) is 2. The number of thiophene rings is 1. The molecular weight excluding hydrogens is 290 g/mol. The third-order valence-electron chi connectivity index (χ3n) is 2.95. The second kappa shape index (κ2) is 6.51. The minimum atomic E-state index is -0.305. The maximum Gasteiger partial charge on any atom is 0.324 e. The van der Waals surface area contributed by atoms with Crippen LogP contribution < -0.4 is 15.5 Å². The van der Waals surface area contributed by atoms with Crippen molar-refractivity contribution < 1.29 is 9.53 Å². The van der Waals surface area contributed by atoms with Gasteiger partial charge >= 0.3 is 6.03 Å². The Kier molecular flexibility index (Phi) is 4.27. The maximum atomic E-state index is 11.8. The van der Waals surface area contributed by atoms with Crippen LogP contribution in [0.5, 0.6) is 0 Å². The summed E-state index contributed by atoms with van der Waals surface area (Å²) in [6, 6.07) is 3.41. The molecule has 0 saturated carbocycles. The van der Waals surface area contributed by atoms with E-state index in [-0.39, 0.29) is 6.03 Å². The summed E-state index contributed by atoms with van der Waals surface area (Å²) in [6.45, 7) is 2.94. The van der Waals surface area contributed by atoms with E-state index < -0.39 is 0 Å². The van der Waals surface area contributed by atoms with Crippen LogP contribution in [-0.4, -0.2) is 42.3 Å². The van der Waals surface area contributed by atoms with Gasteiger partial charge in [-0.2, -0.15) is 0 Å². The number of ether oxygens (including phenoxy) is 1. The molecule has 1 saturated heterocycles. The van der Waals surface area contributed by atoms with Gasteiger partial charge in [-0.05, 0) is 17.5 Å². The van der Waals surface area contributed by atoms with Crippen molar-refractivity contribution in [1.29, 1.82) is 0 Å². The molecule has 1 aliphatic rings. The Morgan fingerprint density at radius 3 is 2.67 bits per heavy atom. The van der Waals surface area contributed by atoms with Crippen molar-refractivity contribution >= 4 is 34.0 Å². The normalized spacial score (nSPS) is 14.8. The van der Waals surface area contributed by atoms with Crippen LogP contribution >= 0.6 is 11.3 Å². The van der Waals surface area contributed by atoms with Gasteiger partial charge in [-0.1, -0.05) is 0 Å². The molecule has 0 aliphatic carbocycles. The second-order valence-electron chi connectivity index (χ2n) is 4.43. The van der Waals surface area contributed by atoms with Crippen molar-refractivity contribution in [2.75, 3.05) is 41.8 Å². The zero-order valence-electron chi connectivity index (χ0n) is 11.3. The van der Waals surface area contributed by atoms with Gasteiger partial charge in [0.05, 0.1) is 36.3 Å². The first-order valence-corrected chi connectivity index (χ1v) is 7.45. The quantitative estimate of drug-likeness (QED) is 0.907. The highest BCUT2D eigenvalue weighted by atomic mass is 32.1. The summed E-state index contributed by atoms with van der Waals surface area (Å²) in [4.78, 5) is 22.4. The third kappa shape index (κ3) is 3.67. The SMILES string of the molecule is O=C(Nc1cnc(N2CCOCC2)nc1)Nc1cccs1. The fourth-order valence-electron chi connectivity index (χ4n) is 1.94. The van der Waals surface area contributed by atoms with Gasteiger partial charge in [0.1, 0.15) is 0 Å². The Labute approximate surface area is 126 Å². The number of carbonyl (C=O) groups is 1. The molecule has 0 radical (unpaired) electrons. The molecule has 1 fully saturated rings. The van der Waals surface area contributed by atoms with Crippen LogP contribution in [0.2, 0.25) is 0 Å². The Balaban J connectivity index is 1.57. The van der Waals surface area contributed by atoms with Gasteiger partial charge in [0.2, 0.25) is 5.95 Å². The molecule has 21 heavy (non-hydrogen) atoms. The summed E-state index contributed by atoms with van der Waals surface area (Å²) < 4.78 is 5.29. The van der Waals surface area contributed by atoms with E-state index >= 15 is 0 Å². The number of nitrogens with zero attached hydrogens (tertiary/aromatic N) is 3. The highest BCUT2D eigenvalue weighted by Gasteiger charge is 2.13. The molecule has 2 aromatic rings. The summed E-state index contributed by atoms with van der Waals surface area (Å²) in [7, 11) is 0. The number of anilines is 3. The van der Waals surface area contributed by atoms with E-state index in [1.54, 1.807) is 12.4 Å². The molecule has 0 bridgehead atoms. The Hall–Kier alpha value is -2.19. The summed E-state index contributed by atoms with van der Waals surface area (Å²) in [6.07, 6.45) is 3.21. The van der Waals surface area contributed by atoms with E-state index in [1.807, 2.05) is 17.5 Å². The summed E-state index contributed by atoms with van der Waals surface area (Å²) in [5.41, 5.74) is 0.557. The molecule has 0 spiro atoms. The van der Waals surface area contributed by atoms with Crippen LogP contribution in [0.3, 0.4) is 0 Å². The predicted octanol–water partition coefficient (Wildman–Crippen LogP) is 2.02. The van der Waals surface area contributed by atoms with Crippen LogP contribution in [-0.2, 0) is 4.74 Å². The molecular formula is C13H15N5O2S. The first kappa shape index (κ1) is 13.8. The van der Waals surface area contributed by atoms with E-state index in [2.05, 4.69) is 25.5 Å². The number of urea groups is 1. The van der Waals surface area contributed by atoms with Gasteiger partial charge in [-0.3, -0.25) is 5.32 Å². The van der Waals surface area contributed by atoms with Crippen LogP contribution in [0.1, 0.15) is 0 Å². The van der Waals surface area contributed by atoms with Gasteiger partial charge < -0.3 is 15.0 Å². The van der Waals surface area contributed by atoms with Crippen molar-refractivity contribution in [3.05, 3.63) is 29.9 Å². The van der Waals surface area contributed by atoms with E-state index in [4.69, 9.17) is 4.74 Å². The van der Waals surface area contributed by atoms with Gasteiger partial charge in [-0.15, -0.1) is 11.3 Å². The molecule has 110 valence electrons. The maximum absolute atomic E-state index is 11.8. The average Bonchev–Trinajstić information content (AvgIpc) is 3.02. The Morgan fingerprint density at radius 2 is 2.00 bits per heavy atom. The average molecular weight is 305 g/mol. The molecule has 3 heterocycles. The van der Waals surface area contributed by atoms with Crippen molar-refractivity contribution in [2.24, 2.45) is 0 Å². The summed E-state index contributed by atoms with van der Waals surface area (Å²) in [5.74, 6) is 0.655. The lowest BCUT2D eigenvalue weighted by Gasteiger charge is -2.26. The van der Waals surface area contributed by atoms with E-state index in [0.29, 0.717) is 24.8 Å². The minimum Gasteiger partial charge on any atom is -0.378 e. The Bertz CT molecular complexity index is 581. The second-order valence-corrected chi connectivity index (χ2v) is 5.38. The summed E-state index contributed by atoms with van der Waals surface area (Å²) >= 11 is 1.46. The highest BCUT2D eigenvalue weighted by Crippen LogP contribution is 2.16. The predicted molar refractivity (Wildman–Crippen MR) is 82.0 cm³/mol. The number of hydrogen-bond acceptors (Lipinski definition) is 6. The van der Waals surface area contributed by atoms with Crippen molar-refractivity contribution in [2.45, 2.75) is 0 Å². The van der Waals surface area contributed by atoms with E-state index in [0.717, 1.165) is 18.1 Å². The van der Waals surface area contributed by atoms with Gasteiger partial charge in [0.25, 0.3) is 0 Å². The van der Waals surface area contributed by atoms with Gasteiger partial charge in [0, 0.05) is 13.1 Å².